The van der Waals surface area contributed by atoms with Gasteiger partial charge in [-0.2, -0.15) is 0 Å². The van der Waals surface area contributed by atoms with Crippen LogP contribution < -0.4 is 0 Å². The van der Waals surface area contributed by atoms with Gasteiger partial charge in [-0.3, -0.25) is 0 Å². The fraction of sp³-hybridized carbons (Fsp3) is 0. The molecule has 0 bridgehead atoms. The molecule has 61 heavy (non-hydrogen) atoms. The molecule has 2 aromatic heterocycles. The third-order valence-electron chi connectivity index (χ3n) is 12.2. The van der Waals surface area contributed by atoms with Crippen molar-refractivity contribution in [1.29, 1.82) is 0 Å². The molecule has 0 unspecified atom stereocenters. The van der Waals surface area contributed by atoms with Crippen LogP contribution in [0.25, 0.3) is 116 Å². The highest BCUT2D eigenvalue weighted by molar-refractivity contribution is 6.11. The lowest BCUT2D eigenvalue weighted by molar-refractivity contribution is 1.19. The fourth-order valence-corrected chi connectivity index (χ4v) is 9.25. The summed E-state index contributed by atoms with van der Waals surface area (Å²) in [5.74, 6) is 0.709. The zero-order chi connectivity index (χ0) is 40.3. The van der Waals surface area contributed by atoms with Crippen molar-refractivity contribution >= 4 is 54.1 Å². The molecule has 284 valence electrons. The van der Waals surface area contributed by atoms with Crippen LogP contribution in [-0.4, -0.2) is 14.5 Å². The average Bonchev–Trinajstić information content (AvgIpc) is 3.67. The molecular weight excluding hydrogens is 739 g/mol. The highest BCUT2D eigenvalue weighted by atomic mass is 15.0. The van der Waals surface area contributed by atoms with Crippen LogP contribution in [0.1, 0.15) is 0 Å². The number of hydrogen-bond acceptors (Lipinski definition) is 2. The van der Waals surface area contributed by atoms with Crippen molar-refractivity contribution in [1.82, 2.24) is 14.5 Å². The summed E-state index contributed by atoms with van der Waals surface area (Å²) in [5, 5.41) is 9.67. The van der Waals surface area contributed by atoms with Gasteiger partial charge in [0, 0.05) is 33.2 Å². The number of aromatic nitrogens is 3. The predicted molar refractivity (Wildman–Crippen MR) is 256 cm³/mol. The van der Waals surface area contributed by atoms with Gasteiger partial charge in [0.05, 0.1) is 22.4 Å². The van der Waals surface area contributed by atoms with Crippen LogP contribution in [0.4, 0.5) is 0 Å². The van der Waals surface area contributed by atoms with Gasteiger partial charge >= 0.3 is 0 Å². The van der Waals surface area contributed by atoms with Crippen molar-refractivity contribution in [3.05, 3.63) is 224 Å². The number of para-hydroxylation sites is 1. The van der Waals surface area contributed by atoms with Crippen molar-refractivity contribution in [2.45, 2.75) is 0 Å². The Labute approximate surface area is 353 Å². The molecule has 3 heteroatoms. The third-order valence-corrected chi connectivity index (χ3v) is 12.2. The molecule has 10 aromatic carbocycles. The van der Waals surface area contributed by atoms with Crippen LogP contribution in [0.2, 0.25) is 0 Å². The molecule has 0 spiro atoms. The van der Waals surface area contributed by atoms with Gasteiger partial charge in [0.2, 0.25) is 0 Å². The Bertz CT molecular complexity index is 3630. The summed E-state index contributed by atoms with van der Waals surface area (Å²) in [4.78, 5) is 10.4. The van der Waals surface area contributed by atoms with E-state index in [1.807, 2.05) is 18.2 Å². The Balaban J connectivity index is 0.938. The lowest BCUT2D eigenvalue weighted by Gasteiger charge is -2.15. The van der Waals surface area contributed by atoms with Gasteiger partial charge in [-0.25, -0.2) is 9.97 Å². The third kappa shape index (κ3) is 5.98. The molecule has 3 nitrogen and oxygen atoms in total. The molecular formula is C58H37N3. The van der Waals surface area contributed by atoms with E-state index in [2.05, 4.69) is 211 Å². The minimum Gasteiger partial charge on any atom is -0.309 e. The predicted octanol–water partition coefficient (Wildman–Crippen LogP) is 15.4. The molecule has 0 atom stereocenters. The number of rotatable bonds is 6. The van der Waals surface area contributed by atoms with E-state index in [4.69, 9.17) is 9.97 Å². The quantitative estimate of drug-likeness (QED) is 0.168. The Morgan fingerprint density at radius 2 is 0.852 bits per heavy atom. The van der Waals surface area contributed by atoms with Crippen LogP contribution in [0.15, 0.2) is 224 Å². The topological polar surface area (TPSA) is 30.7 Å². The van der Waals surface area contributed by atoms with E-state index in [1.165, 1.54) is 76.7 Å². The van der Waals surface area contributed by atoms with Gasteiger partial charge in [0.15, 0.2) is 5.82 Å². The second-order valence-corrected chi connectivity index (χ2v) is 15.8. The molecule has 12 rings (SSSR count). The molecule has 0 amide bonds. The molecule has 0 aliphatic heterocycles. The van der Waals surface area contributed by atoms with E-state index in [-0.39, 0.29) is 0 Å². The van der Waals surface area contributed by atoms with Crippen LogP contribution in [0.3, 0.4) is 0 Å². The maximum absolute atomic E-state index is 5.24. The van der Waals surface area contributed by atoms with E-state index < -0.39 is 0 Å². The van der Waals surface area contributed by atoms with Crippen molar-refractivity contribution in [3.63, 3.8) is 0 Å². The maximum atomic E-state index is 5.24. The molecule has 12 aromatic rings. The van der Waals surface area contributed by atoms with E-state index in [9.17, 15) is 0 Å². The minimum absolute atomic E-state index is 0.709. The number of benzene rings is 10. The van der Waals surface area contributed by atoms with Crippen molar-refractivity contribution in [2.75, 3.05) is 0 Å². The van der Waals surface area contributed by atoms with Crippen LogP contribution in [0.5, 0.6) is 0 Å². The number of fused-ring (bicyclic) bond motifs is 6. The normalized spacial score (nSPS) is 11.6. The van der Waals surface area contributed by atoms with E-state index in [1.54, 1.807) is 0 Å². The maximum Gasteiger partial charge on any atom is 0.160 e. The van der Waals surface area contributed by atoms with Crippen LogP contribution >= 0.6 is 0 Å². The van der Waals surface area contributed by atoms with E-state index in [0.717, 1.165) is 33.5 Å². The highest BCUT2D eigenvalue weighted by Crippen LogP contribution is 2.40. The Kier molecular flexibility index (Phi) is 8.17. The summed E-state index contributed by atoms with van der Waals surface area (Å²) in [7, 11) is 0. The van der Waals surface area contributed by atoms with E-state index in [0.29, 0.717) is 5.82 Å². The first-order chi connectivity index (χ1) is 30.2. The van der Waals surface area contributed by atoms with Gasteiger partial charge in [-0.05, 0) is 91.0 Å². The van der Waals surface area contributed by atoms with Gasteiger partial charge < -0.3 is 4.57 Å². The summed E-state index contributed by atoms with van der Waals surface area (Å²) < 4.78 is 2.40. The van der Waals surface area contributed by atoms with Crippen molar-refractivity contribution < 1.29 is 0 Å². The molecule has 0 radical (unpaired) electrons. The number of hydrogen-bond donors (Lipinski definition) is 0. The monoisotopic (exact) mass is 775 g/mol. The zero-order valence-corrected chi connectivity index (χ0v) is 33.2. The smallest absolute Gasteiger partial charge is 0.160 e. The summed E-state index contributed by atoms with van der Waals surface area (Å²) in [5.41, 5.74) is 13.3. The van der Waals surface area contributed by atoms with E-state index >= 15 is 0 Å². The summed E-state index contributed by atoms with van der Waals surface area (Å²) >= 11 is 0. The van der Waals surface area contributed by atoms with Gasteiger partial charge in [-0.1, -0.05) is 188 Å². The van der Waals surface area contributed by atoms with Gasteiger partial charge in [0.1, 0.15) is 0 Å². The molecule has 0 saturated heterocycles. The zero-order valence-electron chi connectivity index (χ0n) is 33.2. The first kappa shape index (κ1) is 34.9. The first-order valence-electron chi connectivity index (χ1n) is 20.8. The van der Waals surface area contributed by atoms with Gasteiger partial charge in [-0.15, -0.1) is 0 Å². The van der Waals surface area contributed by atoms with Gasteiger partial charge in [0.25, 0.3) is 0 Å². The lowest BCUT2D eigenvalue weighted by atomic mass is 9.92. The first-order valence-corrected chi connectivity index (χ1v) is 20.8. The molecule has 0 saturated carbocycles. The Morgan fingerprint density at radius 3 is 1.66 bits per heavy atom. The molecule has 2 heterocycles. The number of nitrogens with zero attached hydrogens (tertiary/aromatic N) is 3. The summed E-state index contributed by atoms with van der Waals surface area (Å²) in [6, 6.07) is 80.5. The highest BCUT2D eigenvalue weighted by Gasteiger charge is 2.17. The Morgan fingerprint density at radius 1 is 0.279 bits per heavy atom. The van der Waals surface area contributed by atoms with Crippen LogP contribution in [0, 0.1) is 0 Å². The largest absolute Gasteiger partial charge is 0.309 e. The van der Waals surface area contributed by atoms with Crippen molar-refractivity contribution in [3.8, 4) is 61.8 Å². The molecule has 0 N–H and O–H groups in total. The van der Waals surface area contributed by atoms with Crippen LogP contribution in [-0.2, 0) is 0 Å². The summed E-state index contributed by atoms with van der Waals surface area (Å²) in [6.07, 6.45) is 0. The van der Waals surface area contributed by atoms with Crippen molar-refractivity contribution in [2.24, 2.45) is 0 Å². The molecule has 0 aliphatic rings. The standard InChI is InChI=1S/C58H37N3/c1-2-15-42(16-3-1)58-59-54(50-23-12-18-40-14-6-7-19-46(40)50)37-55(60-58)51-33-32-47(48-20-8-9-21-49(48)51)41-27-25-39(26-28-41)44-30-34-57-53(36-44)52-22-10-11-24-56(52)61(57)45-31-29-38-13-4-5-17-43(38)35-45/h1-37H. The minimum atomic E-state index is 0.709. The Hall–Kier alpha value is -8.14. The second-order valence-electron chi connectivity index (χ2n) is 15.8. The second kappa shape index (κ2) is 14.3. The molecule has 0 aliphatic carbocycles. The molecule has 0 fully saturated rings. The lowest BCUT2D eigenvalue weighted by Crippen LogP contribution is -1.97. The SMILES string of the molecule is c1ccc(-c2nc(-c3cccc4ccccc34)cc(-c3ccc(-c4ccc(-c5ccc6c(c5)c5ccccc5n6-c5ccc6ccccc6c5)cc4)c4ccccc34)n2)cc1. The average molecular weight is 776 g/mol. The fourth-order valence-electron chi connectivity index (χ4n) is 9.25. The summed E-state index contributed by atoms with van der Waals surface area (Å²) in [6.45, 7) is 0.